The van der Waals surface area contributed by atoms with Crippen LogP contribution < -0.4 is 10.1 Å². The third kappa shape index (κ3) is 3.92. The van der Waals surface area contributed by atoms with Gasteiger partial charge in [-0.25, -0.2) is 4.79 Å². The first-order valence-electron chi connectivity index (χ1n) is 8.86. The largest absolute Gasteiger partial charge is 0.494 e. The van der Waals surface area contributed by atoms with Gasteiger partial charge in [0, 0.05) is 13.1 Å². The van der Waals surface area contributed by atoms with Crippen molar-refractivity contribution in [2.75, 3.05) is 13.2 Å². The molecule has 0 saturated carbocycles. The number of nitrogens with zero attached hydrogens (tertiary/aromatic N) is 4. The van der Waals surface area contributed by atoms with E-state index in [0.717, 1.165) is 43.1 Å². The normalized spacial score (nSPS) is 16.9. The molecule has 7 nitrogen and oxygen atoms in total. The number of amides is 2. The second-order valence-electron chi connectivity index (χ2n) is 6.05. The summed E-state index contributed by atoms with van der Waals surface area (Å²) < 4.78 is 7.42. The van der Waals surface area contributed by atoms with Crippen LogP contribution in [0.5, 0.6) is 5.75 Å². The number of aromatic nitrogens is 3. The van der Waals surface area contributed by atoms with E-state index in [2.05, 4.69) is 27.6 Å². The number of carbonyl (C=O) groups is 1. The van der Waals surface area contributed by atoms with Gasteiger partial charge in [-0.15, -0.1) is 10.2 Å². The van der Waals surface area contributed by atoms with E-state index in [-0.39, 0.29) is 12.1 Å². The summed E-state index contributed by atoms with van der Waals surface area (Å²) in [6.07, 6.45) is 3.67. The average molecular weight is 343 g/mol. The third-order valence-electron chi connectivity index (χ3n) is 4.52. The van der Waals surface area contributed by atoms with Gasteiger partial charge < -0.3 is 19.5 Å². The quantitative estimate of drug-likeness (QED) is 0.875. The highest BCUT2D eigenvalue weighted by Gasteiger charge is 2.30. The highest BCUT2D eigenvalue weighted by atomic mass is 16.5. The number of aryl methyl sites for hydroxylation is 1. The smallest absolute Gasteiger partial charge is 0.318 e. The monoisotopic (exact) mass is 343 g/mol. The van der Waals surface area contributed by atoms with Crippen molar-refractivity contribution >= 4 is 6.03 Å². The number of likely N-dealkylation sites (tertiary alicyclic amines) is 1. The molecular weight excluding hydrogens is 318 g/mol. The zero-order valence-corrected chi connectivity index (χ0v) is 14.8. The van der Waals surface area contributed by atoms with E-state index in [9.17, 15) is 4.79 Å². The molecule has 0 radical (unpaired) electrons. The minimum absolute atomic E-state index is 0.0537. The second kappa shape index (κ2) is 8.00. The van der Waals surface area contributed by atoms with Crippen molar-refractivity contribution in [2.24, 2.45) is 0 Å². The fourth-order valence-electron chi connectivity index (χ4n) is 3.25. The molecule has 134 valence electrons. The number of ether oxygens (including phenoxy) is 1. The topological polar surface area (TPSA) is 72.3 Å². The second-order valence-corrected chi connectivity index (χ2v) is 6.05. The molecule has 1 atom stereocenters. The minimum Gasteiger partial charge on any atom is -0.494 e. The van der Waals surface area contributed by atoms with Gasteiger partial charge in [0.1, 0.15) is 12.1 Å². The number of benzene rings is 1. The summed E-state index contributed by atoms with van der Waals surface area (Å²) in [6.45, 7) is 6.59. The molecule has 2 amide bonds. The van der Waals surface area contributed by atoms with Crippen LogP contribution in [0, 0.1) is 0 Å². The molecule has 1 aromatic carbocycles. The molecule has 2 aromatic rings. The predicted octanol–water partition coefficient (Wildman–Crippen LogP) is 2.74. The fraction of sp³-hybridized carbons (Fsp3) is 0.500. The van der Waals surface area contributed by atoms with E-state index in [1.165, 1.54) is 0 Å². The first-order chi connectivity index (χ1) is 12.2. The van der Waals surface area contributed by atoms with E-state index in [4.69, 9.17) is 4.74 Å². The van der Waals surface area contributed by atoms with Crippen molar-refractivity contribution in [3.63, 3.8) is 0 Å². The Balaban J connectivity index is 1.63. The molecule has 1 aliphatic heterocycles. The SMILES string of the molecule is CCOc1ccc([C@H]2CCCN2C(=O)NCc2nncn2CC)cc1. The Labute approximate surface area is 148 Å². The number of carbonyl (C=O) groups excluding carboxylic acids is 1. The lowest BCUT2D eigenvalue weighted by molar-refractivity contribution is 0.192. The number of urea groups is 1. The van der Waals surface area contributed by atoms with Crippen molar-refractivity contribution in [1.82, 2.24) is 25.0 Å². The van der Waals surface area contributed by atoms with Crippen LogP contribution in [-0.4, -0.2) is 38.8 Å². The summed E-state index contributed by atoms with van der Waals surface area (Å²) >= 11 is 0. The Bertz CT molecular complexity index is 698. The lowest BCUT2D eigenvalue weighted by Crippen LogP contribution is -2.39. The molecule has 0 spiro atoms. The van der Waals surface area contributed by atoms with Gasteiger partial charge in [0.25, 0.3) is 0 Å². The van der Waals surface area contributed by atoms with Gasteiger partial charge in [-0.1, -0.05) is 12.1 Å². The van der Waals surface area contributed by atoms with Gasteiger partial charge in [0.2, 0.25) is 0 Å². The Morgan fingerprint density at radius 3 is 2.84 bits per heavy atom. The van der Waals surface area contributed by atoms with Crippen molar-refractivity contribution in [3.8, 4) is 5.75 Å². The van der Waals surface area contributed by atoms with Crippen LogP contribution in [0.15, 0.2) is 30.6 Å². The molecule has 7 heteroatoms. The number of hydrogen-bond acceptors (Lipinski definition) is 4. The fourth-order valence-corrected chi connectivity index (χ4v) is 3.25. The van der Waals surface area contributed by atoms with Gasteiger partial charge in [-0.2, -0.15) is 0 Å². The summed E-state index contributed by atoms with van der Waals surface area (Å²) in [5.74, 6) is 1.63. The zero-order valence-electron chi connectivity index (χ0n) is 14.8. The molecular formula is C18H25N5O2. The number of nitrogens with one attached hydrogen (secondary N) is 1. The summed E-state index contributed by atoms with van der Waals surface area (Å²) in [4.78, 5) is 14.5. The maximum atomic E-state index is 12.6. The molecule has 2 heterocycles. The van der Waals surface area contributed by atoms with Crippen LogP contribution >= 0.6 is 0 Å². The summed E-state index contributed by atoms with van der Waals surface area (Å²) in [5, 5.41) is 10.9. The third-order valence-corrected chi connectivity index (χ3v) is 4.52. The van der Waals surface area contributed by atoms with Crippen LogP contribution in [0.25, 0.3) is 0 Å². The standard InChI is InChI=1S/C18H25N5O2/c1-3-22-13-20-21-17(22)12-19-18(24)23-11-5-6-16(23)14-7-9-15(10-8-14)25-4-2/h7-10,13,16H,3-6,11-12H2,1-2H3,(H,19,24)/t16-/m1/s1. The maximum absolute atomic E-state index is 12.6. The van der Waals surface area contributed by atoms with Crippen molar-refractivity contribution in [1.29, 1.82) is 0 Å². The van der Waals surface area contributed by atoms with E-state index < -0.39 is 0 Å². The Kier molecular flexibility index (Phi) is 5.53. The molecule has 25 heavy (non-hydrogen) atoms. The highest BCUT2D eigenvalue weighted by molar-refractivity contribution is 5.75. The van der Waals surface area contributed by atoms with Gasteiger partial charge in [-0.05, 0) is 44.4 Å². The van der Waals surface area contributed by atoms with Crippen LogP contribution in [0.2, 0.25) is 0 Å². The molecule has 0 unspecified atom stereocenters. The first-order valence-corrected chi connectivity index (χ1v) is 8.86. The predicted molar refractivity (Wildman–Crippen MR) is 94.2 cm³/mol. The summed E-state index contributed by atoms with van der Waals surface area (Å²) in [7, 11) is 0. The molecule has 1 aliphatic rings. The van der Waals surface area contributed by atoms with Crippen molar-refractivity contribution < 1.29 is 9.53 Å². The van der Waals surface area contributed by atoms with E-state index in [1.54, 1.807) is 6.33 Å². The molecule has 0 bridgehead atoms. The highest BCUT2D eigenvalue weighted by Crippen LogP contribution is 2.32. The molecule has 1 fully saturated rings. The molecule has 1 aromatic heterocycles. The van der Waals surface area contributed by atoms with Crippen molar-refractivity contribution in [2.45, 2.75) is 45.8 Å². The van der Waals surface area contributed by atoms with Crippen LogP contribution in [0.4, 0.5) is 4.79 Å². The lowest BCUT2D eigenvalue weighted by Gasteiger charge is -2.25. The maximum Gasteiger partial charge on any atom is 0.318 e. The Morgan fingerprint density at radius 2 is 2.12 bits per heavy atom. The van der Waals surface area contributed by atoms with Crippen molar-refractivity contribution in [3.05, 3.63) is 42.0 Å². The van der Waals surface area contributed by atoms with Gasteiger partial charge in [0.15, 0.2) is 5.82 Å². The minimum atomic E-state index is -0.0537. The zero-order chi connectivity index (χ0) is 17.6. The van der Waals surface area contributed by atoms with Crippen LogP contribution in [0.3, 0.4) is 0 Å². The van der Waals surface area contributed by atoms with Gasteiger partial charge in [-0.3, -0.25) is 0 Å². The molecule has 0 aliphatic carbocycles. The van der Waals surface area contributed by atoms with Gasteiger partial charge in [0.05, 0.1) is 19.2 Å². The Morgan fingerprint density at radius 1 is 1.32 bits per heavy atom. The average Bonchev–Trinajstić information content (AvgIpc) is 3.29. The summed E-state index contributed by atoms with van der Waals surface area (Å²) in [5.41, 5.74) is 1.15. The van der Waals surface area contributed by atoms with Gasteiger partial charge >= 0.3 is 6.03 Å². The van der Waals surface area contributed by atoms with Crippen LogP contribution in [-0.2, 0) is 13.1 Å². The molecule has 1 N–H and O–H groups in total. The number of rotatable bonds is 6. The van der Waals surface area contributed by atoms with E-state index >= 15 is 0 Å². The summed E-state index contributed by atoms with van der Waals surface area (Å²) in [6, 6.07) is 8.10. The first kappa shape index (κ1) is 17.3. The van der Waals surface area contributed by atoms with Crippen LogP contribution in [0.1, 0.15) is 44.1 Å². The molecule has 1 saturated heterocycles. The van der Waals surface area contributed by atoms with E-state index in [0.29, 0.717) is 13.2 Å². The molecule has 3 rings (SSSR count). The number of hydrogen-bond donors (Lipinski definition) is 1. The Hall–Kier alpha value is -2.57. The van der Waals surface area contributed by atoms with E-state index in [1.807, 2.05) is 35.4 Å². The lowest BCUT2D eigenvalue weighted by atomic mass is 10.0.